The largest absolute Gasteiger partial charge is 0.464 e. The minimum Gasteiger partial charge on any atom is -0.464 e. The van der Waals surface area contributed by atoms with Crippen LogP contribution < -0.4 is 5.73 Å². The monoisotopic (exact) mass is 270 g/mol. The molecular weight excluding hydrogens is 244 g/mol. The number of likely N-dealkylation sites (tertiary alicyclic amines) is 1. The molecule has 1 amide bonds. The van der Waals surface area contributed by atoms with Crippen molar-refractivity contribution in [2.24, 2.45) is 5.73 Å². The number of hydrogen-bond donors (Lipinski definition) is 1. The van der Waals surface area contributed by atoms with Crippen LogP contribution in [0, 0.1) is 0 Å². The van der Waals surface area contributed by atoms with Gasteiger partial charge in [0.25, 0.3) is 0 Å². The van der Waals surface area contributed by atoms with E-state index in [1.165, 1.54) is 0 Å². The summed E-state index contributed by atoms with van der Waals surface area (Å²) in [6.45, 7) is 5.09. The Morgan fingerprint density at radius 2 is 2.11 bits per heavy atom. The Kier molecular flexibility index (Phi) is 6.84. The minimum atomic E-state index is -0.492. The number of hydrogen-bond acceptors (Lipinski definition) is 4. The van der Waals surface area contributed by atoms with Gasteiger partial charge in [-0.05, 0) is 25.7 Å². The van der Waals surface area contributed by atoms with Crippen LogP contribution in [0.5, 0.6) is 0 Å². The number of ether oxygens (including phenoxy) is 1. The summed E-state index contributed by atoms with van der Waals surface area (Å²) in [6.07, 6.45) is 4.91. The van der Waals surface area contributed by atoms with Crippen molar-refractivity contribution in [3.05, 3.63) is 0 Å². The highest BCUT2D eigenvalue weighted by Crippen LogP contribution is 2.20. The smallest absolute Gasteiger partial charge is 0.328 e. The Balaban J connectivity index is 2.53. The third-order valence-corrected chi connectivity index (χ3v) is 3.47. The number of nitrogens with two attached hydrogens (primary N) is 1. The van der Waals surface area contributed by atoms with Gasteiger partial charge in [-0.3, -0.25) is 4.79 Å². The quantitative estimate of drug-likeness (QED) is 0.561. The van der Waals surface area contributed by atoms with E-state index in [1.807, 2.05) is 13.8 Å². The molecule has 5 heteroatoms. The van der Waals surface area contributed by atoms with E-state index in [2.05, 4.69) is 0 Å². The molecule has 110 valence electrons. The normalized spacial score (nSPS) is 20.4. The van der Waals surface area contributed by atoms with E-state index in [9.17, 15) is 9.59 Å². The van der Waals surface area contributed by atoms with Crippen molar-refractivity contribution in [1.29, 1.82) is 0 Å². The minimum absolute atomic E-state index is 0.114. The van der Waals surface area contributed by atoms with E-state index < -0.39 is 12.1 Å². The maximum absolute atomic E-state index is 12.2. The summed E-state index contributed by atoms with van der Waals surface area (Å²) < 4.78 is 5.21. The van der Waals surface area contributed by atoms with E-state index in [-0.39, 0.29) is 11.9 Å². The van der Waals surface area contributed by atoms with Crippen LogP contribution in [-0.4, -0.2) is 42.0 Å². The van der Waals surface area contributed by atoms with Crippen LogP contribution in [0.15, 0.2) is 0 Å². The van der Waals surface area contributed by atoms with Crippen LogP contribution >= 0.6 is 0 Å². The van der Waals surface area contributed by atoms with Gasteiger partial charge in [0.2, 0.25) is 5.91 Å². The highest BCUT2D eigenvalue weighted by atomic mass is 16.5. The van der Waals surface area contributed by atoms with E-state index in [0.717, 1.165) is 25.7 Å². The molecule has 0 aromatic heterocycles. The number of carbonyl (C=O) groups is 2. The number of unbranched alkanes of at least 4 members (excludes halogenated alkanes) is 1. The Morgan fingerprint density at radius 3 is 2.74 bits per heavy atom. The van der Waals surface area contributed by atoms with Gasteiger partial charge in [-0.2, -0.15) is 0 Å². The molecule has 1 aliphatic rings. The van der Waals surface area contributed by atoms with Gasteiger partial charge in [0.15, 0.2) is 0 Å². The summed E-state index contributed by atoms with van der Waals surface area (Å²) in [4.78, 5) is 25.7. The van der Waals surface area contributed by atoms with Gasteiger partial charge in [0.05, 0.1) is 12.6 Å². The summed E-state index contributed by atoms with van der Waals surface area (Å²) in [7, 11) is 0. The van der Waals surface area contributed by atoms with Gasteiger partial charge in [0, 0.05) is 6.54 Å². The first kappa shape index (κ1) is 16.0. The summed E-state index contributed by atoms with van der Waals surface area (Å²) in [5, 5.41) is 0. The van der Waals surface area contributed by atoms with Crippen molar-refractivity contribution in [3.63, 3.8) is 0 Å². The molecule has 2 atom stereocenters. The molecule has 1 saturated heterocycles. The molecule has 1 rings (SSSR count). The van der Waals surface area contributed by atoms with Crippen molar-refractivity contribution in [2.75, 3.05) is 13.2 Å². The highest BCUT2D eigenvalue weighted by molar-refractivity contribution is 5.88. The fourth-order valence-corrected chi connectivity index (χ4v) is 2.34. The summed E-state index contributed by atoms with van der Waals surface area (Å²) in [5.74, 6) is -0.389. The van der Waals surface area contributed by atoms with E-state index in [0.29, 0.717) is 26.0 Å². The lowest BCUT2D eigenvalue weighted by Gasteiger charge is -2.26. The second kappa shape index (κ2) is 8.15. The van der Waals surface area contributed by atoms with Crippen LogP contribution in [0.4, 0.5) is 0 Å². The van der Waals surface area contributed by atoms with Gasteiger partial charge >= 0.3 is 5.97 Å². The average molecular weight is 270 g/mol. The Morgan fingerprint density at radius 1 is 1.37 bits per heavy atom. The second-order valence-electron chi connectivity index (χ2n) is 5.11. The standard InChI is InChI=1S/C14H26N2O3/c1-3-5-10-19-14(18)12-8-6-9-16(12)13(17)11(15)7-4-2/h11-12H,3-10,15H2,1-2H3/t11-,12-/m0/s1. The molecule has 1 aliphatic heterocycles. The first-order chi connectivity index (χ1) is 9.11. The molecular formula is C14H26N2O3. The molecule has 0 aliphatic carbocycles. The van der Waals surface area contributed by atoms with Gasteiger partial charge in [-0.25, -0.2) is 4.79 Å². The molecule has 5 nitrogen and oxygen atoms in total. The number of rotatable bonds is 7. The molecule has 0 spiro atoms. The summed E-state index contributed by atoms with van der Waals surface area (Å²) in [5.41, 5.74) is 5.85. The van der Waals surface area contributed by atoms with Crippen molar-refractivity contribution in [2.45, 2.75) is 64.5 Å². The molecule has 19 heavy (non-hydrogen) atoms. The van der Waals surface area contributed by atoms with Crippen molar-refractivity contribution < 1.29 is 14.3 Å². The Bertz CT molecular complexity index is 307. The molecule has 0 bridgehead atoms. The molecule has 0 saturated carbocycles. The van der Waals surface area contributed by atoms with Gasteiger partial charge in [-0.15, -0.1) is 0 Å². The maximum atomic E-state index is 12.2. The van der Waals surface area contributed by atoms with Gasteiger partial charge in [0.1, 0.15) is 6.04 Å². The SMILES string of the molecule is CCCCOC(=O)[C@@H]1CCCN1C(=O)[C@@H](N)CCC. The lowest BCUT2D eigenvalue weighted by molar-refractivity contribution is -0.153. The molecule has 1 fully saturated rings. The average Bonchev–Trinajstić information content (AvgIpc) is 2.87. The van der Waals surface area contributed by atoms with E-state index in [4.69, 9.17) is 10.5 Å². The number of amides is 1. The number of carbonyl (C=O) groups excluding carboxylic acids is 2. The molecule has 2 N–H and O–H groups in total. The lowest BCUT2D eigenvalue weighted by Crippen LogP contribution is -2.48. The zero-order valence-electron chi connectivity index (χ0n) is 12.1. The summed E-state index contributed by atoms with van der Waals surface area (Å²) in [6, 6.07) is -0.915. The van der Waals surface area contributed by atoms with E-state index in [1.54, 1.807) is 4.90 Å². The topological polar surface area (TPSA) is 72.6 Å². The molecule has 0 radical (unpaired) electrons. The third kappa shape index (κ3) is 4.49. The number of nitrogens with zero attached hydrogens (tertiary/aromatic N) is 1. The van der Waals surface area contributed by atoms with Gasteiger partial charge in [-0.1, -0.05) is 26.7 Å². The zero-order chi connectivity index (χ0) is 14.3. The first-order valence-corrected chi connectivity index (χ1v) is 7.34. The fourth-order valence-electron chi connectivity index (χ4n) is 2.34. The number of esters is 1. The second-order valence-corrected chi connectivity index (χ2v) is 5.11. The first-order valence-electron chi connectivity index (χ1n) is 7.34. The summed E-state index contributed by atoms with van der Waals surface area (Å²) >= 11 is 0. The van der Waals surface area contributed by atoms with Crippen LogP contribution in [-0.2, 0) is 14.3 Å². The van der Waals surface area contributed by atoms with Crippen molar-refractivity contribution in [3.8, 4) is 0 Å². The fraction of sp³-hybridized carbons (Fsp3) is 0.857. The predicted octanol–water partition coefficient (Wildman–Crippen LogP) is 1.45. The molecule has 0 aromatic carbocycles. The maximum Gasteiger partial charge on any atom is 0.328 e. The van der Waals surface area contributed by atoms with Crippen LogP contribution in [0.2, 0.25) is 0 Å². The van der Waals surface area contributed by atoms with Crippen LogP contribution in [0.1, 0.15) is 52.4 Å². The zero-order valence-corrected chi connectivity index (χ0v) is 12.1. The predicted molar refractivity (Wildman–Crippen MR) is 73.5 cm³/mol. The lowest BCUT2D eigenvalue weighted by atomic mass is 10.1. The third-order valence-electron chi connectivity index (χ3n) is 3.47. The molecule has 0 unspecified atom stereocenters. The molecule has 0 aromatic rings. The van der Waals surface area contributed by atoms with Crippen LogP contribution in [0.25, 0.3) is 0 Å². The Labute approximate surface area is 115 Å². The van der Waals surface area contributed by atoms with E-state index >= 15 is 0 Å². The highest BCUT2D eigenvalue weighted by Gasteiger charge is 2.36. The Hall–Kier alpha value is -1.10. The van der Waals surface area contributed by atoms with Crippen molar-refractivity contribution in [1.82, 2.24) is 4.90 Å². The van der Waals surface area contributed by atoms with Crippen molar-refractivity contribution >= 4 is 11.9 Å². The molecule has 1 heterocycles. The van der Waals surface area contributed by atoms with Gasteiger partial charge < -0.3 is 15.4 Å². The van der Waals surface area contributed by atoms with Crippen LogP contribution in [0.3, 0.4) is 0 Å².